The van der Waals surface area contributed by atoms with Gasteiger partial charge in [-0.15, -0.1) is 0 Å². The molecule has 6 heteroatoms. The lowest BCUT2D eigenvalue weighted by Crippen LogP contribution is -2.44. The molecule has 184 valence electrons. The summed E-state index contributed by atoms with van der Waals surface area (Å²) in [5.41, 5.74) is 3.52. The summed E-state index contributed by atoms with van der Waals surface area (Å²) in [4.78, 5) is 28.5. The van der Waals surface area contributed by atoms with Gasteiger partial charge in [0.15, 0.2) is 8.24 Å². The number of hydrogen-bond donors (Lipinski definition) is 0. The number of benzene rings is 3. The molecule has 1 aromatic heterocycles. The van der Waals surface area contributed by atoms with Crippen molar-refractivity contribution in [2.75, 3.05) is 14.2 Å². The van der Waals surface area contributed by atoms with E-state index in [1.807, 2.05) is 54.6 Å². The molecular formula is C30H32N2O3Si. The highest BCUT2D eigenvalue weighted by molar-refractivity contribution is 6.79. The first-order chi connectivity index (χ1) is 17.0. The Kier molecular flexibility index (Phi) is 5.48. The molecule has 0 bridgehead atoms. The maximum absolute atomic E-state index is 13.7. The van der Waals surface area contributed by atoms with E-state index >= 15 is 0 Å². The number of rotatable bonds is 4. The third kappa shape index (κ3) is 3.43. The topological polar surface area (TPSA) is 51.5 Å². The molecule has 0 atom stereocenters. The minimum atomic E-state index is -2.06. The van der Waals surface area contributed by atoms with Crippen molar-refractivity contribution in [3.05, 3.63) is 78.0 Å². The Hall–Kier alpha value is -3.64. The maximum Gasteiger partial charge on any atom is 0.261 e. The molecule has 1 aliphatic heterocycles. The molecule has 0 radical (unpaired) electrons. The minimum Gasteiger partial charge on any atom is -0.497 e. The zero-order valence-corrected chi connectivity index (χ0v) is 23.0. The average Bonchev–Trinajstić information content (AvgIpc) is 3.33. The van der Waals surface area contributed by atoms with Crippen LogP contribution < -0.4 is 4.74 Å². The second kappa shape index (κ2) is 8.20. The maximum atomic E-state index is 13.7. The summed E-state index contributed by atoms with van der Waals surface area (Å²) in [6.07, 6.45) is 2.10. The van der Waals surface area contributed by atoms with Crippen LogP contribution in [0.5, 0.6) is 5.75 Å². The van der Waals surface area contributed by atoms with E-state index in [9.17, 15) is 9.59 Å². The van der Waals surface area contributed by atoms with Crippen LogP contribution in [-0.2, 0) is 9.59 Å². The van der Waals surface area contributed by atoms with Crippen LogP contribution in [0, 0.1) is 0 Å². The molecule has 36 heavy (non-hydrogen) atoms. The fourth-order valence-corrected chi connectivity index (χ4v) is 6.92. The number of fused-ring (bicyclic) bond motifs is 2. The normalized spacial score (nSPS) is 15.0. The van der Waals surface area contributed by atoms with Gasteiger partial charge in [-0.1, -0.05) is 76.3 Å². The van der Waals surface area contributed by atoms with Gasteiger partial charge in [-0.25, -0.2) is 0 Å². The number of hydrogen-bond acceptors (Lipinski definition) is 3. The first-order valence-electron chi connectivity index (χ1n) is 12.2. The summed E-state index contributed by atoms with van der Waals surface area (Å²) in [7, 11) is 1.15. The van der Waals surface area contributed by atoms with E-state index in [-0.39, 0.29) is 16.9 Å². The highest BCUT2D eigenvalue weighted by atomic mass is 28.3. The SMILES string of the molecule is COc1ccc2c(c1)c(C1=C(c3cccc4ccccc34)C(=O)N(C)C1=O)cn2[Si](C)(C)C(C)(C)C. The Labute approximate surface area is 213 Å². The van der Waals surface area contributed by atoms with Crippen molar-refractivity contribution >= 4 is 52.9 Å². The molecule has 0 spiro atoms. The lowest BCUT2D eigenvalue weighted by molar-refractivity contribution is -0.134. The van der Waals surface area contributed by atoms with Crippen LogP contribution in [0.4, 0.5) is 0 Å². The van der Waals surface area contributed by atoms with E-state index in [0.29, 0.717) is 16.9 Å². The van der Waals surface area contributed by atoms with Gasteiger partial charge >= 0.3 is 0 Å². The molecule has 0 unspecified atom stereocenters. The van der Waals surface area contributed by atoms with Crippen molar-refractivity contribution in [3.8, 4) is 5.75 Å². The molecule has 5 rings (SSSR count). The Morgan fingerprint density at radius 2 is 1.44 bits per heavy atom. The van der Waals surface area contributed by atoms with Gasteiger partial charge in [-0.3, -0.25) is 14.5 Å². The summed E-state index contributed by atoms with van der Waals surface area (Å²) < 4.78 is 7.94. The second-order valence-electron chi connectivity index (χ2n) is 11.1. The van der Waals surface area contributed by atoms with Crippen LogP contribution >= 0.6 is 0 Å². The summed E-state index contributed by atoms with van der Waals surface area (Å²) in [6.45, 7) is 11.5. The Morgan fingerprint density at radius 3 is 2.11 bits per heavy atom. The van der Waals surface area contributed by atoms with Gasteiger partial charge < -0.3 is 8.97 Å². The molecule has 0 aliphatic carbocycles. The standard InChI is InChI=1S/C30H32N2O3Si/c1-30(2,3)36(6,7)32-18-24(23-17-20(35-5)15-16-25(23)32)27-26(28(33)31(4)29(27)34)22-14-10-12-19-11-8-9-13-21(19)22/h8-18H,1-7H3. The molecule has 0 N–H and O–H groups in total. The van der Waals surface area contributed by atoms with Crippen molar-refractivity contribution in [3.63, 3.8) is 0 Å². The zero-order valence-electron chi connectivity index (χ0n) is 22.0. The van der Waals surface area contributed by atoms with Crippen molar-refractivity contribution in [1.82, 2.24) is 9.13 Å². The Bertz CT molecular complexity index is 1580. The fraction of sp³-hybridized carbons (Fsp3) is 0.267. The number of imide groups is 1. The van der Waals surface area contributed by atoms with Gasteiger partial charge in [-0.05, 0) is 39.6 Å². The first-order valence-corrected chi connectivity index (χ1v) is 15.2. The predicted molar refractivity (Wildman–Crippen MR) is 150 cm³/mol. The second-order valence-corrected chi connectivity index (χ2v) is 16.2. The Balaban J connectivity index is 1.91. The lowest BCUT2D eigenvalue weighted by atomic mass is 9.92. The van der Waals surface area contributed by atoms with Gasteiger partial charge in [-0.2, -0.15) is 0 Å². The van der Waals surface area contributed by atoms with Gasteiger partial charge in [0.05, 0.1) is 18.3 Å². The summed E-state index contributed by atoms with van der Waals surface area (Å²) >= 11 is 0. The fourth-order valence-electron chi connectivity index (χ4n) is 4.94. The number of likely N-dealkylation sites (N-methyl/N-ethyl adjacent to an activating group) is 1. The molecular weight excluding hydrogens is 464 g/mol. The van der Waals surface area contributed by atoms with Gasteiger partial charge in [0.2, 0.25) is 0 Å². The van der Waals surface area contributed by atoms with Crippen LogP contribution in [0.3, 0.4) is 0 Å². The molecule has 0 fully saturated rings. The number of aromatic nitrogens is 1. The van der Waals surface area contributed by atoms with Gasteiger partial charge in [0.25, 0.3) is 11.8 Å². The number of nitrogens with zero attached hydrogens (tertiary/aromatic N) is 2. The minimum absolute atomic E-state index is 0.0648. The van der Waals surface area contributed by atoms with E-state index in [0.717, 1.165) is 32.8 Å². The van der Waals surface area contributed by atoms with Crippen molar-refractivity contribution in [2.24, 2.45) is 0 Å². The number of carbonyl (C=O) groups is 2. The molecule has 4 aromatic rings. The molecule has 3 aromatic carbocycles. The quantitative estimate of drug-likeness (QED) is 0.237. The average molecular weight is 497 g/mol. The molecule has 5 nitrogen and oxygen atoms in total. The van der Waals surface area contributed by atoms with Crippen LogP contribution in [0.25, 0.3) is 32.8 Å². The van der Waals surface area contributed by atoms with Crippen LogP contribution in [0.1, 0.15) is 31.9 Å². The lowest BCUT2D eigenvalue weighted by Gasteiger charge is -2.38. The van der Waals surface area contributed by atoms with Gasteiger partial charge in [0, 0.05) is 29.7 Å². The predicted octanol–water partition coefficient (Wildman–Crippen LogP) is 6.57. The van der Waals surface area contributed by atoms with E-state index in [2.05, 4.69) is 50.4 Å². The summed E-state index contributed by atoms with van der Waals surface area (Å²) in [5.74, 6) is 0.164. The number of carbonyl (C=O) groups excluding carboxylic acids is 2. The highest BCUT2D eigenvalue weighted by Gasteiger charge is 2.42. The van der Waals surface area contributed by atoms with E-state index < -0.39 is 8.24 Å². The smallest absolute Gasteiger partial charge is 0.261 e. The molecule has 0 saturated heterocycles. The van der Waals surface area contributed by atoms with Crippen molar-refractivity contribution < 1.29 is 14.3 Å². The van der Waals surface area contributed by atoms with E-state index in [1.54, 1.807) is 14.2 Å². The summed E-state index contributed by atoms with van der Waals surface area (Å²) in [6, 6.07) is 19.9. The van der Waals surface area contributed by atoms with Crippen LogP contribution in [0.2, 0.25) is 18.1 Å². The molecule has 0 saturated carbocycles. The molecule has 2 heterocycles. The largest absolute Gasteiger partial charge is 0.497 e. The zero-order chi connectivity index (χ0) is 26.0. The highest BCUT2D eigenvalue weighted by Crippen LogP contribution is 2.44. The molecule has 2 amide bonds. The summed E-state index contributed by atoms with van der Waals surface area (Å²) in [5, 5.41) is 2.97. The van der Waals surface area contributed by atoms with Crippen molar-refractivity contribution in [1.29, 1.82) is 0 Å². The van der Waals surface area contributed by atoms with Crippen LogP contribution in [0.15, 0.2) is 66.9 Å². The number of methoxy groups -OCH3 is 1. The first kappa shape index (κ1) is 24.1. The van der Waals surface area contributed by atoms with E-state index in [4.69, 9.17) is 4.74 Å². The molecule has 1 aliphatic rings. The van der Waals surface area contributed by atoms with Gasteiger partial charge in [0.1, 0.15) is 5.75 Å². The third-order valence-corrected chi connectivity index (χ3v) is 13.3. The van der Waals surface area contributed by atoms with Crippen LogP contribution in [-0.4, -0.2) is 43.3 Å². The van der Waals surface area contributed by atoms with E-state index in [1.165, 1.54) is 4.90 Å². The number of amides is 2. The van der Waals surface area contributed by atoms with Crippen molar-refractivity contribution in [2.45, 2.75) is 38.9 Å². The third-order valence-electron chi connectivity index (χ3n) is 8.06. The number of ether oxygens (including phenoxy) is 1. The Morgan fingerprint density at radius 1 is 0.806 bits per heavy atom. The monoisotopic (exact) mass is 496 g/mol.